The molecule has 0 bridgehead atoms. The predicted octanol–water partition coefficient (Wildman–Crippen LogP) is 3.96. The van der Waals surface area contributed by atoms with Crippen molar-refractivity contribution in [2.75, 3.05) is 4.90 Å². The van der Waals surface area contributed by atoms with Gasteiger partial charge in [-0.05, 0) is 36.4 Å². The molecule has 28 heavy (non-hydrogen) atoms. The van der Waals surface area contributed by atoms with Gasteiger partial charge in [-0.1, -0.05) is 23.7 Å². The van der Waals surface area contributed by atoms with E-state index < -0.39 is 35.5 Å². The minimum absolute atomic E-state index is 0.314. The van der Waals surface area contributed by atoms with Gasteiger partial charge < -0.3 is 0 Å². The van der Waals surface area contributed by atoms with Crippen LogP contribution in [0, 0.1) is 5.92 Å². The zero-order valence-corrected chi connectivity index (χ0v) is 14.7. The number of nitrogens with zero attached hydrogens (tertiary/aromatic N) is 2. The number of halogens is 4. The molecule has 1 N–H and O–H groups in total. The predicted molar refractivity (Wildman–Crippen MR) is 95.6 cm³/mol. The maximum Gasteiger partial charge on any atom is 0.416 e. The Kier molecular flexibility index (Phi) is 5.19. The Hall–Kier alpha value is -3.20. The lowest BCUT2D eigenvalue weighted by Crippen LogP contribution is -2.58. The molecule has 0 aromatic heterocycles. The number of rotatable bonds is 3. The highest BCUT2D eigenvalue weighted by molar-refractivity contribution is 6.33. The summed E-state index contributed by atoms with van der Waals surface area (Å²) in [7, 11) is 0. The lowest BCUT2D eigenvalue weighted by molar-refractivity contribution is -0.138. The highest BCUT2D eigenvalue weighted by atomic mass is 35.5. The van der Waals surface area contributed by atoms with Gasteiger partial charge in [-0.2, -0.15) is 13.2 Å². The number of carbonyl (C=O) groups excluding carboxylic acids is 3. The molecule has 0 unspecified atom stereocenters. The van der Waals surface area contributed by atoms with Crippen LogP contribution < -0.4 is 10.2 Å². The molecular formula is C18H11ClF3N3O3. The summed E-state index contributed by atoms with van der Waals surface area (Å²) < 4.78 is 38.8. The second-order valence-corrected chi connectivity index (χ2v) is 6.19. The van der Waals surface area contributed by atoms with Crippen LogP contribution in [0.25, 0.3) is 0 Å². The SMILES string of the molecule is O=C1NC(=O)N(c2cccc(C(F)(F)F)c2)C(=O)[C@@H]1C=Nc1cccc(Cl)c1. The van der Waals surface area contributed by atoms with Crippen molar-refractivity contribution in [2.45, 2.75) is 6.18 Å². The highest BCUT2D eigenvalue weighted by Crippen LogP contribution is 2.32. The van der Waals surface area contributed by atoms with Gasteiger partial charge >= 0.3 is 12.2 Å². The Morgan fingerprint density at radius 2 is 1.79 bits per heavy atom. The van der Waals surface area contributed by atoms with E-state index in [1.165, 1.54) is 6.07 Å². The van der Waals surface area contributed by atoms with E-state index in [9.17, 15) is 27.6 Å². The standard InChI is InChI=1S/C18H11ClF3N3O3/c19-11-4-2-5-12(8-11)23-9-14-15(26)24-17(28)25(16(14)27)13-6-1-3-10(7-13)18(20,21)22/h1-9,14H,(H,24,26,28)/t14-/m1/s1. The third-order valence-electron chi connectivity index (χ3n) is 3.81. The number of alkyl halides is 3. The zero-order valence-electron chi connectivity index (χ0n) is 13.9. The number of hydrogen-bond acceptors (Lipinski definition) is 4. The molecule has 0 radical (unpaired) electrons. The second-order valence-electron chi connectivity index (χ2n) is 5.75. The van der Waals surface area contributed by atoms with E-state index in [1.54, 1.807) is 18.2 Å². The molecule has 2 aromatic rings. The third kappa shape index (κ3) is 4.04. The van der Waals surface area contributed by atoms with Gasteiger partial charge in [-0.25, -0.2) is 9.69 Å². The maximum absolute atomic E-state index is 12.9. The summed E-state index contributed by atoms with van der Waals surface area (Å²) in [5.41, 5.74) is -0.992. The molecule has 0 saturated carbocycles. The molecule has 0 spiro atoms. The molecule has 3 rings (SSSR count). The van der Waals surface area contributed by atoms with Crippen LogP contribution in [0.3, 0.4) is 0 Å². The van der Waals surface area contributed by atoms with Gasteiger partial charge in [0, 0.05) is 11.2 Å². The number of aliphatic imine (C=N–C) groups is 1. The first-order valence-corrected chi connectivity index (χ1v) is 8.20. The Morgan fingerprint density at radius 1 is 1.07 bits per heavy atom. The number of carbonyl (C=O) groups is 3. The van der Waals surface area contributed by atoms with Crippen LogP contribution in [-0.4, -0.2) is 24.1 Å². The third-order valence-corrected chi connectivity index (χ3v) is 4.05. The number of urea groups is 1. The zero-order chi connectivity index (χ0) is 20.5. The number of amides is 4. The Bertz CT molecular complexity index is 991. The largest absolute Gasteiger partial charge is 0.416 e. The van der Waals surface area contributed by atoms with E-state index in [0.29, 0.717) is 21.7 Å². The van der Waals surface area contributed by atoms with Crippen molar-refractivity contribution in [3.05, 3.63) is 59.1 Å². The molecule has 1 aliphatic rings. The molecule has 1 fully saturated rings. The molecule has 144 valence electrons. The number of barbiturate groups is 1. The van der Waals surface area contributed by atoms with Crippen molar-refractivity contribution in [3.63, 3.8) is 0 Å². The summed E-state index contributed by atoms with van der Waals surface area (Å²) >= 11 is 5.83. The Morgan fingerprint density at radius 3 is 2.46 bits per heavy atom. The number of imide groups is 2. The normalized spacial score (nSPS) is 17.9. The number of nitrogens with one attached hydrogen (secondary N) is 1. The highest BCUT2D eigenvalue weighted by Gasteiger charge is 2.41. The lowest BCUT2D eigenvalue weighted by atomic mass is 10.1. The van der Waals surface area contributed by atoms with E-state index in [1.807, 2.05) is 5.32 Å². The van der Waals surface area contributed by atoms with Crippen molar-refractivity contribution in [3.8, 4) is 0 Å². The van der Waals surface area contributed by atoms with Gasteiger partial charge in [-0.15, -0.1) is 0 Å². The molecule has 1 heterocycles. The molecule has 6 nitrogen and oxygen atoms in total. The van der Waals surface area contributed by atoms with Crippen LogP contribution in [0.1, 0.15) is 5.56 Å². The Balaban J connectivity index is 1.92. The molecule has 1 atom stereocenters. The van der Waals surface area contributed by atoms with Crippen LogP contribution in [0.5, 0.6) is 0 Å². The van der Waals surface area contributed by atoms with Crippen molar-refractivity contribution in [1.29, 1.82) is 0 Å². The first-order chi connectivity index (χ1) is 13.2. The Labute approximate surface area is 161 Å². The van der Waals surface area contributed by atoms with Gasteiger partial charge in [0.1, 0.15) is 0 Å². The van der Waals surface area contributed by atoms with Gasteiger partial charge in [0.2, 0.25) is 5.91 Å². The summed E-state index contributed by atoms with van der Waals surface area (Å²) in [5.74, 6) is -3.44. The van der Waals surface area contributed by atoms with Crippen LogP contribution in [0.15, 0.2) is 53.5 Å². The molecule has 0 aliphatic carbocycles. The van der Waals surface area contributed by atoms with Gasteiger partial charge in [0.05, 0.1) is 16.9 Å². The van der Waals surface area contributed by atoms with Crippen LogP contribution >= 0.6 is 11.6 Å². The average molecular weight is 410 g/mol. The van der Waals surface area contributed by atoms with E-state index in [4.69, 9.17) is 11.6 Å². The monoisotopic (exact) mass is 409 g/mol. The topological polar surface area (TPSA) is 78.8 Å². The van der Waals surface area contributed by atoms with E-state index in [0.717, 1.165) is 24.4 Å². The fourth-order valence-electron chi connectivity index (χ4n) is 2.50. The van der Waals surface area contributed by atoms with Crippen LogP contribution in [0.2, 0.25) is 5.02 Å². The summed E-state index contributed by atoms with van der Waals surface area (Å²) in [6.07, 6.45) is -3.65. The molecule has 1 aliphatic heterocycles. The molecule has 4 amide bonds. The fraction of sp³-hybridized carbons (Fsp3) is 0.111. The van der Waals surface area contributed by atoms with E-state index in [2.05, 4.69) is 4.99 Å². The van der Waals surface area contributed by atoms with Crippen molar-refractivity contribution >= 4 is 47.0 Å². The molecular weight excluding hydrogens is 399 g/mol. The summed E-state index contributed by atoms with van der Waals surface area (Å²) in [6.45, 7) is 0. The van der Waals surface area contributed by atoms with Crippen molar-refractivity contribution < 1.29 is 27.6 Å². The minimum atomic E-state index is -4.66. The quantitative estimate of drug-likeness (QED) is 0.615. The van der Waals surface area contributed by atoms with E-state index >= 15 is 0 Å². The molecule has 1 saturated heterocycles. The molecule has 10 heteroatoms. The molecule has 2 aromatic carbocycles. The first-order valence-electron chi connectivity index (χ1n) is 7.82. The van der Waals surface area contributed by atoms with Gasteiger partial charge in [0.25, 0.3) is 5.91 Å². The maximum atomic E-state index is 12.9. The van der Waals surface area contributed by atoms with Crippen molar-refractivity contribution in [2.24, 2.45) is 10.9 Å². The number of hydrogen-bond donors (Lipinski definition) is 1. The van der Waals surface area contributed by atoms with E-state index in [-0.39, 0.29) is 5.69 Å². The fourth-order valence-corrected chi connectivity index (χ4v) is 2.69. The van der Waals surface area contributed by atoms with Gasteiger partial charge in [0.15, 0.2) is 5.92 Å². The van der Waals surface area contributed by atoms with Crippen LogP contribution in [-0.2, 0) is 15.8 Å². The second kappa shape index (κ2) is 7.43. The number of anilines is 1. The van der Waals surface area contributed by atoms with Gasteiger partial charge in [-0.3, -0.25) is 19.9 Å². The first kappa shape index (κ1) is 19.6. The smallest absolute Gasteiger partial charge is 0.276 e. The summed E-state index contributed by atoms with van der Waals surface area (Å²) in [4.78, 5) is 41.2. The number of benzene rings is 2. The minimum Gasteiger partial charge on any atom is -0.276 e. The summed E-state index contributed by atoms with van der Waals surface area (Å²) in [5, 5.41) is 2.33. The summed E-state index contributed by atoms with van der Waals surface area (Å²) in [6, 6.07) is 8.81. The van der Waals surface area contributed by atoms with Crippen molar-refractivity contribution in [1.82, 2.24) is 5.32 Å². The lowest BCUT2D eigenvalue weighted by Gasteiger charge is -2.28. The average Bonchev–Trinajstić information content (AvgIpc) is 2.61. The van der Waals surface area contributed by atoms with Crippen LogP contribution in [0.4, 0.5) is 29.3 Å².